The molecule has 0 saturated heterocycles. The second-order valence-corrected chi connectivity index (χ2v) is 5.16. The number of rotatable bonds is 5. The summed E-state index contributed by atoms with van der Waals surface area (Å²) in [5.41, 5.74) is 3.74. The van der Waals surface area contributed by atoms with E-state index in [4.69, 9.17) is 4.65 Å². The molecule has 0 bridgehead atoms. The third-order valence-electron chi connectivity index (χ3n) is 3.57. The highest BCUT2D eigenvalue weighted by molar-refractivity contribution is 6.60. The van der Waals surface area contributed by atoms with Gasteiger partial charge in [-0.1, -0.05) is 91.0 Å². The van der Waals surface area contributed by atoms with Crippen molar-refractivity contribution in [3.63, 3.8) is 0 Å². The number of hydrogen-bond donors (Lipinski definition) is 1. The van der Waals surface area contributed by atoms with Crippen LogP contribution in [0.25, 0.3) is 5.57 Å². The molecule has 0 radical (unpaired) electrons. The molecule has 3 aromatic rings. The van der Waals surface area contributed by atoms with E-state index >= 15 is 0 Å². The topological polar surface area (TPSA) is 29.5 Å². The van der Waals surface area contributed by atoms with E-state index in [0.29, 0.717) is 0 Å². The van der Waals surface area contributed by atoms with Crippen LogP contribution < -0.4 is 5.46 Å². The van der Waals surface area contributed by atoms with Crippen molar-refractivity contribution in [1.29, 1.82) is 0 Å². The standard InChI is InChI=1S/C20H17BO2/c22-21(19-14-8-3-9-15-19)23-16-20(17-10-4-1-5-11-17)18-12-6-2-7-13-18/h1-16,22H. The Bertz CT molecular complexity index is 714. The highest BCUT2D eigenvalue weighted by atomic mass is 16.5. The number of hydrogen-bond acceptors (Lipinski definition) is 2. The minimum Gasteiger partial charge on any atom is -0.538 e. The van der Waals surface area contributed by atoms with Crippen molar-refractivity contribution in [1.82, 2.24) is 0 Å². The van der Waals surface area contributed by atoms with Gasteiger partial charge in [-0.3, -0.25) is 0 Å². The average Bonchev–Trinajstić information content (AvgIpc) is 2.64. The molecule has 0 aromatic heterocycles. The van der Waals surface area contributed by atoms with Gasteiger partial charge in [0.15, 0.2) is 0 Å². The summed E-state index contributed by atoms with van der Waals surface area (Å²) < 4.78 is 5.59. The zero-order chi connectivity index (χ0) is 15.9. The van der Waals surface area contributed by atoms with Crippen LogP contribution in [-0.4, -0.2) is 12.1 Å². The van der Waals surface area contributed by atoms with E-state index < -0.39 is 7.12 Å². The molecular weight excluding hydrogens is 283 g/mol. The Balaban J connectivity index is 1.90. The molecule has 1 N–H and O–H groups in total. The molecule has 112 valence electrons. The minimum atomic E-state index is -0.987. The Morgan fingerprint density at radius 3 is 1.61 bits per heavy atom. The molecule has 0 spiro atoms. The molecule has 23 heavy (non-hydrogen) atoms. The second-order valence-electron chi connectivity index (χ2n) is 5.16. The van der Waals surface area contributed by atoms with Gasteiger partial charge in [-0.2, -0.15) is 0 Å². The van der Waals surface area contributed by atoms with E-state index in [2.05, 4.69) is 0 Å². The first-order valence-corrected chi connectivity index (χ1v) is 7.54. The Labute approximate surface area is 136 Å². The van der Waals surface area contributed by atoms with Gasteiger partial charge in [0.1, 0.15) is 0 Å². The smallest absolute Gasteiger partial charge is 0.538 e. The first-order valence-electron chi connectivity index (χ1n) is 7.54. The van der Waals surface area contributed by atoms with Gasteiger partial charge in [-0.05, 0) is 16.6 Å². The lowest BCUT2D eigenvalue weighted by Gasteiger charge is -2.11. The lowest BCUT2D eigenvalue weighted by Crippen LogP contribution is -2.31. The zero-order valence-corrected chi connectivity index (χ0v) is 12.7. The summed E-state index contributed by atoms with van der Waals surface area (Å²) in [5.74, 6) is 0. The van der Waals surface area contributed by atoms with Crippen LogP contribution in [0, 0.1) is 0 Å². The normalized spacial score (nSPS) is 9.96. The maximum atomic E-state index is 10.2. The molecule has 0 atom stereocenters. The van der Waals surface area contributed by atoms with Crippen LogP contribution >= 0.6 is 0 Å². The average molecular weight is 300 g/mol. The van der Waals surface area contributed by atoms with Crippen molar-refractivity contribution < 1.29 is 9.68 Å². The fraction of sp³-hybridized carbons (Fsp3) is 0. The molecular formula is C20H17BO2. The van der Waals surface area contributed by atoms with Gasteiger partial charge in [0.25, 0.3) is 0 Å². The van der Waals surface area contributed by atoms with Crippen molar-refractivity contribution >= 4 is 18.2 Å². The van der Waals surface area contributed by atoms with E-state index in [1.165, 1.54) is 0 Å². The Hall–Kier alpha value is -2.78. The SMILES string of the molecule is OB(OC=C(c1ccccc1)c1ccccc1)c1ccccc1. The van der Waals surface area contributed by atoms with Crippen LogP contribution in [0.1, 0.15) is 11.1 Å². The highest BCUT2D eigenvalue weighted by Gasteiger charge is 2.17. The molecule has 0 amide bonds. The van der Waals surface area contributed by atoms with Crippen LogP contribution in [-0.2, 0) is 4.65 Å². The maximum absolute atomic E-state index is 10.2. The second kappa shape index (κ2) is 7.48. The van der Waals surface area contributed by atoms with Crippen molar-refractivity contribution in [2.45, 2.75) is 0 Å². The molecule has 0 aliphatic carbocycles. The summed E-state index contributed by atoms with van der Waals surface area (Å²) in [6.07, 6.45) is 1.63. The van der Waals surface area contributed by atoms with Crippen LogP contribution in [0.15, 0.2) is 97.3 Å². The molecule has 2 nitrogen and oxygen atoms in total. The van der Waals surface area contributed by atoms with Gasteiger partial charge in [-0.25, -0.2) is 0 Å². The molecule has 0 fully saturated rings. The predicted octanol–water partition coefficient (Wildman–Crippen LogP) is 3.48. The maximum Gasteiger partial charge on any atom is 0.559 e. The predicted molar refractivity (Wildman–Crippen MR) is 95.1 cm³/mol. The fourth-order valence-corrected chi connectivity index (χ4v) is 2.37. The quantitative estimate of drug-likeness (QED) is 0.577. The van der Waals surface area contributed by atoms with Gasteiger partial charge in [0.2, 0.25) is 0 Å². The van der Waals surface area contributed by atoms with Gasteiger partial charge in [0.05, 0.1) is 6.26 Å². The monoisotopic (exact) mass is 300 g/mol. The third-order valence-corrected chi connectivity index (χ3v) is 3.57. The van der Waals surface area contributed by atoms with E-state index in [1.54, 1.807) is 6.26 Å². The molecule has 3 heteroatoms. The summed E-state index contributed by atoms with van der Waals surface area (Å²) in [7, 11) is -0.987. The molecule has 3 rings (SSSR count). The van der Waals surface area contributed by atoms with Gasteiger partial charge in [-0.15, -0.1) is 0 Å². The summed E-state index contributed by atoms with van der Waals surface area (Å²) >= 11 is 0. The summed E-state index contributed by atoms with van der Waals surface area (Å²) in [5, 5.41) is 10.2. The lowest BCUT2D eigenvalue weighted by atomic mass is 9.80. The van der Waals surface area contributed by atoms with Crippen molar-refractivity contribution in [2.75, 3.05) is 0 Å². The van der Waals surface area contributed by atoms with E-state index in [-0.39, 0.29) is 0 Å². The first-order chi connectivity index (χ1) is 11.3. The van der Waals surface area contributed by atoms with E-state index in [0.717, 1.165) is 22.2 Å². The number of benzene rings is 3. The van der Waals surface area contributed by atoms with Gasteiger partial charge < -0.3 is 9.68 Å². The van der Waals surface area contributed by atoms with Crippen LogP contribution in [0.3, 0.4) is 0 Å². The van der Waals surface area contributed by atoms with Gasteiger partial charge >= 0.3 is 7.12 Å². The largest absolute Gasteiger partial charge is 0.559 e. The van der Waals surface area contributed by atoms with Crippen molar-refractivity contribution in [3.8, 4) is 0 Å². The summed E-state index contributed by atoms with van der Waals surface area (Å²) in [6, 6.07) is 29.3. The molecule has 0 unspecified atom stereocenters. The molecule has 0 heterocycles. The molecule has 0 aliphatic heterocycles. The Morgan fingerprint density at radius 1 is 0.696 bits per heavy atom. The van der Waals surface area contributed by atoms with Crippen molar-refractivity contribution in [3.05, 3.63) is 108 Å². The molecule has 0 saturated carbocycles. The summed E-state index contributed by atoms with van der Waals surface area (Å²) in [4.78, 5) is 0. The first kappa shape index (κ1) is 15.1. The lowest BCUT2D eigenvalue weighted by molar-refractivity contribution is 0.387. The highest BCUT2D eigenvalue weighted by Crippen LogP contribution is 2.23. The van der Waals surface area contributed by atoms with Crippen molar-refractivity contribution in [2.24, 2.45) is 0 Å². The van der Waals surface area contributed by atoms with E-state index in [1.807, 2.05) is 91.0 Å². The van der Waals surface area contributed by atoms with Crippen LogP contribution in [0.2, 0.25) is 0 Å². The Kier molecular flexibility index (Phi) is 4.92. The molecule has 0 aliphatic rings. The van der Waals surface area contributed by atoms with Crippen LogP contribution in [0.4, 0.5) is 0 Å². The molecule has 3 aromatic carbocycles. The van der Waals surface area contributed by atoms with E-state index in [9.17, 15) is 5.02 Å². The minimum absolute atomic E-state index is 0.726. The summed E-state index contributed by atoms with van der Waals surface area (Å²) in [6.45, 7) is 0. The Morgan fingerprint density at radius 2 is 1.13 bits per heavy atom. The fourth-order valence-electron chi connectivity index (χ4n) is 2.37. The third kappa shape index (κ3) is 3.90. The van der Waals surface area contributed by atoms with Crippen LogP contribution in [0.5, 0.6) is 0 Å². The zero-order valence-electron chi connectivity index (χ0n) is 12.7. The van der Waals surface area contributed by atoms with Gasteiger partial charge in [0, 0.05) is 5.57 Å².